The number of aryl methyl sites for hydroxylation is 2. The molecule has 0 aliphatic rings. The van der Waals surface area contributed by atoms with Gasteiger partial charge in [0.05, 0.1) is 46.7 Å². The van der Waals surface area contributed by atoms with Crippen LogP contribution in [0.2, 0.25) is 10.0 Å². The van der Waals surface area contributed by atoms with E-state index in [4.69, 9.17) is 23.2 Å². The molecule has 35 heavy (non-hydrogen) atoms. The lowest BCUT2D eigenvalue weighted by Gasteiger charge is -2.15. The van der Waals surface area contributed by atoms with Crippen LogP contribution in [0, 0.1) is 13.8 Å². The molecule has 7 nitrogen and oxygen atoms in total. The minimum atomic E-state index is -4.26. The molecule has 0 unspecified atom stereocenters. The maximum absolute atomic E-state index is 13.4. The van der Waals surface area contributed by atoms with Gasteiger partial charge in [-0.25, -0.2) is 18.4 Å². The molecule has 1 amide bonds. The van der Waals surface area contributed by atoms with Crippen LogP contribution in [-0.2, 0) is 10.0 Å². The standard InChI is InChI=1S/C23H16Cl2N4O3S3/c1-11-26-18-9-14(3-5-20(18)33-11)28-23(30)16-7-13(24)8-17(25)22(16)35(31,32)29-15-4-6-21-19(10-15)27-12(2)34-21/h3-10,29H,1-2H3,(H,28,30). The van der Waals surface area contributed by atoms with E-state index in [2.05, 4.69) is 20.0 Å². The Morgan fingerprint density at radius 2 is 1.43 bits per heavy atom. The fourth-order valence-electron chi connectivity index (χ4n) is 3.63. The van der Waals surface area contributed by atoms with Crippen LogP contribution in [0.4, 0.5) is 11.4 Å². The smallest absolute Gasteiger partial charge is 0.264 e. The molecule has 0 aliphatic heterocycles. The number of carbonyl (C=O) groups is 1. The monoisotopic (exact) mass is 562 g/mol. The summed E-state index contributed by atoms with van der Waals surface area (Å²) < 4.78 is 31.2. The maximum atomic E-state index is 13.4. The first-order valence-electron chi connectivity index (χ1n) is 10.2. The Labute approximate surface area is 218 Å². The highest BCUT2D eigenvalue weighted by Gasteiger charge is 2.27. The molecule has 0 saturated heterocycles. The Hall–Kier alpha value is -2.76. The second kappa shape index (κ2) is 9.03. The Kier molecular flexibility index (Phi) is 6.18. The summed E-state index contributed by atoms with van der Waals surface area (Å²) in [6.07, 6.45) is 0. The van der Waals surface area contributed by atoms with Crippen molar-refractivity contribution < 1.29 is 13.2 Å². The van der Waals surface area contributed by atoms with Crippen molar-refractivity contribution in [3.05, 3.63) is 74.2 Å². The first kappa shape index (κ1) is 24.0. The normalized spacial score (nSPS) is 11.8. The number of hydrogen-bond acceptors (Lipinski definition) is 7. The number of aromatic nitrogens is 2. The van der Waals surface area contributed by atoms with Crippen molar-refractivity contribution in [1.29, 1.82) is 0 Å². The molecule has 5 aromatic rings. The van der Waals surface area contributed by atoms with E-state index in [1.54, 1.807) is 30.3 Å². The van der Waals surface area contributed by atoms with Crippen LogP contribution in [0.1, 0.15) is 20.4 Å². The Bertz CT molecular complexity index is 1750. The van der Waals surface area contributed by atoms with Gasteiger partial charge in [0.25, 0.3) is 15.9 Å². The summed E-state index contributed by atoms with van der Waals surface area (Å²) in [7, 11) is -4.26. The van der Waals surface area contributed by atoms with Crippen LogP contribution in [0.15, 0.2) is 53.4 Å². The summed E-state index contributed by atoms with van der Waals surface area (Å²) in [5.41, 5.74) is 1.97. The van der Waals surface area contributed by atoms with Crippen LogP contribution in [0.25, 0.3) is 20.4 Å². The fourth-order valence-corrected chi connectivity index (χ4v) is 7.34. The van der Waals surface area contributed by atoms with E-state index in [0.29, 0.717) is 16.9 Å². The lowest BCUT2D eigenvalue weighted by atomic mass is 10.2. The lowest BCUT2D eigenvalue weighted by Crippen LogP contribution is -2.21. The van der Waals surface area contributed by atoms with Crippen molar-refractivity contribution in [3.8, 4) is 0 Å². The van der Waals surface area contributed by atoms with Crippen molar-refractivity contribution in [3.63, 3.8) is 0 Å². The highest BCUT2D eigenvalue weighted by molar-refractivity contribution is 7.93. The van der Waals surface area contributed by atoms with Crippen molar-refractivity contribution in [1.82, 2.24) is 9.97 Å². The summed E-state index contributed by atoms with van der Waals surface area (Å²) in [6, 6.07) is 12.9. The van der Waals surface area contributed by atoms with Crippen LogP contribution in [-0.4, -0.2) is 24.3 Å². The second-order valence-electron chi connectivity index (χ2n) is 7.65. The average Bonchev–Trinajstić information content (AvgIpc) is 3.32. The third-order valence-corrected chi connectivity index (χ3v) is 9.03. The van der Waals surface area contributed by atoms with Crippen LogP contribution in [0.3, 0.4) is 0 Å². The minimum Gasteiger partial charge on any atom is -0.322 e. The quantitative estimate of drug-likeness (QED) is 0.243. The van der Waals surface area contributed by atoms with E-state index in [1.807, 2.05) is 19.9 Å². The number of anilines is 2. The summed E-state index contributed by atoms with van der Waals surface area (Å²) in [5, 5.41) is 4.44. The van der Waals surface area contributed by atoms with Gasteiger partial charge >= 0.3 is 0 Å². The molecular weight excluding hydrogens is 547 g/mol. The van der Waals surface area contributed by atoms with Crippen LogP contribution in [0.5, 0.6) is 0 Å². The van der Waals surface area contributed by atoms with Gasteiger partial charge in [-0.15, -0.1) is 22.7 Å². The number of benzene rings is 3. The van der Waals surface area contributed by atoms with E-state index in [9.17, 15) is 13.2 Å². The highest BCUT2D eigenvalue weighted by Crippen LogP contribution is 2.33. The molecule has 3 aromatic carbocycles. The number of amides is 1. The van der Waals surface area contributed by atoms with Gasteiger partial charge in [-0.2, -0.15) is 0 Å². The number of carbonyl (C=O) groups excluding carboxylic acids is 1. The number of thiazole rings is 2. The average molecular weight is 564 g/mol. The summed E-state index contributed by atoms with van der Waals surface area (Å²) in [5.74, 6) is -0.674. The summed E-state index contributed by atoms with van der Waals surface area (Å²) >= 11 is 15.5. The number of fused-ring (bicyclic) bond motifs is 2. The number of nitrogens with one attached hydrogen (secondary N) is 2. The molecule has 2 N–H and O–H groups in total. The Morgan fingerprint density at radius 1 is 0.857 bits per heavy atom. The van der Waals surface area contributed by atoms with E-state index >= 15 is 0 Å². The number of hydrogen-bond donors (Lipinski definition) is 2. The molecule has 0 radical (unpaired) electrons. The summed E-state index contributed by atoms with van der Waals surface area (Å²) in [6.45, 7) is 3.77. The Morgan fingerprint density at radius 3 is 2.06 bits per heavy atom. The third kappa shape index (κ3) is 4.85. The first-order chi connectivity index (χ1) is 16.6. The number of halogens is 2. The van der Waals surface area contributed by atoms with Crippen LogP contribution < -0.4 is 10.0 Å². The molecule has 12 heteroatoms. The van der Waals surface area contributed by atoms with Crippen LogP contribution >= 0.6 is 45.9 Å². The molecule has 0 saturated carbocycles. The van der Waals surface area contributed by atoms with Gasteiger partial charge in [0.15, 0.2) is 0 Å². The molecule has 0 aliphatic carbocycles. The molecule has 2 heterocycles. The van der Waals surface area contributed by atoms with Crippen molar-refractivity contribution in [2.24, 2.45) is 0 Å². The van der Waals surface area contributed by atoms with E-state index in [-0.39, 0.29) is 20.5 Å². The molecule has 0 spiro atoms. The number of nitrogens with zero attached hydrogens (tertiary/aromatic N) is 2. The zero-order valence-electron chi connectivity index (χ0n) is 18.2. The van der Waals surface area contributed by atoms with Gasteiger partial charge in [-0.1, -0.05) is 23.2 Å². The van der Waals surface area contributed by atoms with Crippen molar-refractivity contribution in [2.45, 2.75) is 18.7 Å². The minimum absolute atomic E-state index is 0.129. The van der Waals surface area contributed by atoms with E-state index in [1.165, 1.54) is 34.8 Å². The second-order valence-corrected chi connectivity index (χ2v) is 12.6. The summed E-state index contributed by atoms with van der Waals surface area (Å²) in [4.78, 5) is 21.7. The van der Waals surface area contributed by atoms with Gasteiger partial charge in [-0.3, -0.25) is 9.52 Å². The van der Waals surface area contributed by atoms with Gasteiger partial charge in [0.1, 0.15) is 4.90 Å². The molecule has 0 fully saturated rings. The van der Waals surface area contributed by atoms with E-state index in [0.717, 1.165) is 24.9 Å². The number of sulfonamides is 1. The first-order valence-corrected chi connectivity index (χ1v) is 14.0. The maximum Gasteiger partial charge on any atom is 0.264 e. The topological polar surface area (TPSA) is 101 Å². The number of rotatable bonds is 5. The van der Waals surface area contributed by atoms with Gasteiger partial charge in [0, 0.05) is 10.7 Å². The Balaban J connectivity index is 1.51. The molecular formula is C23H16Cl2N4O3S3. The van der Waals surface area contributed by atoms with Gasteiger partial charge < -0.3 is 5.32 Å². The fraction of sp³-hybridized carbons (Fsp3) is 0.0870. The van der Waals surface area contributed by atoms with Crippen molar-refractivity contribution in [2.75, 3.05) is 10.0 Å². The molecule has 0 atom stereocenters. The predicted octanol–water partition coefficient (Wildman–Crippen LogP) is 6.88. The molecule has 2 aromatic heterocycles. The van der Waals surface area contributed by atoms with Gasteiger partial charge in [-0.05, 0) is 62.4 Å². The van der Waals surface area contributed by atoms with E-state index < -0.39 is 15.9 Å². The highest BCUT2D eigenvalue weighted by atomic mass is 35.5. The molecule has 5 rings (SSSR count). The molecule has 0 bridgehead atoms. The predicted molar refractivity (Wildman–Crippen MR) is 144 cm³/mol. The van der Waals surface area contributed by atoms with Gasteiger partial charge in [0.2, 0.25) is 0 Å². The molecule has 178 valence electrons. The van der Waals surface area contributed by atoms with Crippen molar-refractivity contribution >= 4 is 93.6 Å². The zero-order chi connectivity index (χ0) is 24.9. The zero-order valence-corrected chi connectivity index (χ0v) is 22.2. The third-order valence-electron chi connectivity index (χ3n) is 5.02. The lowest BCUT2D eigenvalue weighted by molar-refractivity contribution is 0.102. The SMILES string of the molecule is Cc1nc2cc(NC(=O)c3cc(Cl)cc(Cl)c3S(=O)(=O)Nc3ccc4sc(C)nc4c3)ccc2s1. The largest absolute Gasteiger partial charge is 0.322 e.